The number of benzene rings is 3. The molecule has 0 aromatic heterocycles. The molecule has 1 aliphatic heterocycles. The summed E-state index contributed by atoms with van der Waals surface area (Å²) in [6.45, 7) is 1.51. The third kappa shape index (κ3) is 4.18. The first kappa shape index (κ1) is 20.8. The molecular weight excluding hydrogens is 402 g/mol. The van der Waals surface area contributed by atoms with Crippen LogP contribution in [-0.4, -0.2) is 17.6 Å². The average Bonchev–Trinajstić information content (AvgIpc) is 2.80. The van der Waals surface area contributed by atoms with Gasteiger partial charge < -0.3 is 5.32 Å². The molecule has 0 saturated heterocycles. The van der Waals surface area contributed by atoms with E-state index in [0.717, 1.165) is 22.4 Å². The number of rotatable bonds is 5. The minimum Gasteiger partial charge on any atom is -0.361 e. The summed E-state index contributed by atoms with van der Waals surface area (Å²) in [4.78, 5) is 36.4. The fourth-order valence-corrected chi connectivity index (χ4v) is 3.51. The van der Waals surface area contributed by atoms with Crippen molar-refractivity contribution < 1.29 is 14.4 Å². The van der Waals surface area contributed by atoms with Gasteiger partial charge in [0.2, 0.25) is 0 Å². The Morgan fingerprint density at radius 1 is 0.938 bits per heavy atom. The Labute approximate surface area is 185 Å². The van der Waals surface area contributed by atoms with Crippen molar-refractivity contribution in [3.8, 4) is 17.2 Å². The number of Topliss-reactive ketones (excluding diaryl/α,β-unsaturated/α-hetero) is 1. The highest BCUT2D eigenvalue weighted by atomic mass is 16.2. The van der Waals surface area contributed by atoms with E-state index in [9.17, 15) is 14.4 Å². The van der Waals surface area contributed by atoms with E-state index in [-0.39, 0.29) is 5.78 Å². The molecule has 3 aromatic carbocycles. The van der Waals surface area contributed by atoms with Crippen LogP contribution < -0.4 is 10.6 Å². The molecule has 0 unspecified atom stereocenters. The zero-order valence-corrected chi connectivity index (χ0v) is 17.3. The molecule has 0 saturated carbocycles. The van der Waals surface area contributed by atoms with E-state index < -0.39 is 11.8 Å². The molecule has 2 amide bonds. The standard InChI is InChI=1S/C26H19N3O3/c1-16(30)18-4-6-19(7-5-18)20-8-11-22-23(14-20)24(26(32)29-25(22)31)15-28-21-9-2-17(3-10-21)12-13-27/h2-11,14-15,28H,12H2,1H3,(H,29,31,32)/b24-15-. The summed E-state index contributed by atoms with van der Waals surface area (Å²) < 4.78 is 0. The first-order valence-electron chi connectivity index (χ1n) is 10.0. The molecule has 6 heteroatoms. The number of ketones is 1. The molecule has 4 rings (SSSR count). The number of anilines is 1. The maximum Gasteiger partial charge on any atom is 0.260 e. The highest BCUT2D eigenvalue weighted by molar-refractivity contribution is 6.31. The largest absolute Gasteiger partial charge is 0.361 e. The van der Waals surface area contributed by atoms with Gasteiger partial charge in [-0.2, -0.15) is 5.26 Å². The van der Waals surface area contributed by atoms with Gasteiger partial charge in [-0.05, 0) is 47.9 Å². The second kappa shape index (κ2) is 8.70. The number of nitrogens with one attached hydrogen (secondary N) is 2. The smallest absolute Gasteiger partial charge is 0.260 e. The minimum atomic E-state index is -0.486. The Hall–Kier alpha value is -4.50. The highest BCUT2D eigenvalue weighted by Gasteiger charge is 2.27. The lowest BCUT2D eigenvalue weighted by atomic mass is 9.91. The van der Waals surface area contributed by atoms with E-state index in [2.05, 4.69) is 16.7 Å². The predicted octanol–water partition coefficient (Wildman–Crippen LogP) is 4.35. The maximum atomic E-state index is 12.6. The van der Waals surface area contributed by atoms with E-state index in [1.165, 1.54) is 6.92 Å². The number of hydrogen-bond donors (Lipinski definition) is 2. The Morgan fingerprint density at radius 2 is 1.62 bits per heavy atom. The molecule has 0 spiro atoms. The van der Waals surface area contributed by atoms with Gasteiger partial charge in [0.05, 0.1) is 18.1 Å². The van der Waals surface area contributed by atoms with Crippen LogP contribution in [0.25, 0.3) is 16.7 Å². The Balaban J connectivity index is 1.68. The number of nitrogens with zero attached hydrogens (tertiary/aromatic N) is 1. The Morgan fingerprint density at radius 3 is 2.28 bits per heavy atom. The van der Waals surface area contributed by atoms with Gasteiger partial charge >= 0.3 is 0 Å². The van der Waals surface area contributed by atoms with Crippen molar-refractivity contribution >= 4 is 28.9 Å². The van der Waals surface area contributed by atoms with Crippen LogP contribution in [0, 0.1) is 11.3 Å². The predicted molar refractivity (Wildman–Crippen MR) is 122 cm³/mol. The normalized spacial score (nSPS) is 13.8. The van der Waals surface area contributed by atoms with Crippen LogP contribution in [0.15, 0.2) is 72.9 Å². The first-order valence-corrected chi connectivity index (χ1v) is 10.0. The first-order chi connectivity index (χ1) is 15.5. The molecule has 0 bridgehead atoms. The molecule has 0 fully saturated rings. The molecule has 3 aromatic rings. The molecular formula is C26H19N3O3. The topological polar surface area (TPSA) is 99.1 Å². The maximum absolute atomic E-state index is 12.6. The number of imide groups is 1. The van der Waals surface area contributed by atoms with Gasteiger partial charge in [0.1, 0.15) is 0 Å². The number of hydrogen-bond acceptors (Lipinski definition) is 5. The molecule has 0 radical (unpaired) electrons. The van der Waals surface area contributed by atoms with Gasteiger partial charge in [0.25, 0.3) is 11.8 Å². The fourth-order valence-electron chi connectivity index (χ4n) is 3.51. The molecule has 32 heavy (non-hydrogen) atoms. The van der Waals surface area contributed by atoms with Crippen molar-refractivity contribution in [3.05, 3.63) is 95.2 Å². The lowest BCUT2D eigenvalue weighted by Crippen LogP contribution is -2.36. The lowest BCUT2D eigenvalue weighted by Gasteiger charge is -2.19. The number of amides is 2. The summed E-state index contributed by atoms with van der Waals surface area (Å²) in [7, 11) is 0. The van der Waals surface area contributed by atoms with Crippen LogP contribution in [0.3, 0.4) is 0 Å². The van der Waals surface area contributed by atoms with E-state index in [0.29, 0.717) is 28.7 Å². The zero-order valence-electron chi connectivity index (χ0n) is 17.3. The fraction of sp³-hybridized carbons (Fsp3) is 0.0769. The van der Waals surface area contributed by atoms with Crippen molar-refractivity contribution in [2.24, 2.45) is 0 Å². The Bertz CT molecular complexity index is 1300. The van der Waals surface area contributed by atoms with Crippen molar-refractivity contribution in [3.63, 3.8) is 0 Å². The lowest BCUT2D eigenvalue weighted by molar-refractivity contribution is -0.114. The van der Waals surface area contributed by atoms with Gasteiger partial charge in [-0.25, -0.2) is 0 Å². The molecule has 156 valence electrons. The Kier molecular flexibility index (Phi) is 5.65. The van der Waals surface area contributed by atoms with E-state index in [1.54, 1.807) is 30.5 Å². The second-order valence-corrected chi connectivity index (χ2v) is 7.41. The van der Waals surface area contributed by atoms with Gasteiger partial charge in [-0.3, -0.25) is 19.7 Å². The minimum absolute atomic E-state index is 0.0128. The van der Waals surface area contributed by atoms with Crippen LogP contribution in [-0.2, 0) is 11.2 Å². The monoisotopic (exact) mass is 421 g/mol. The molecule has 1 heterocycles. The third-order valence-corrected chi connectivity index (χ3v) is 5.27. The second-order valence-electron chi connectivity index (χ2n) is 7.41. The van der Waals surface area contributed by atoms with Crippen LogP contribution in [0.2, 0.25) is 0 Å². The van der Waals surface area contributed by atoms with E-state index in [4.69, 9.17) is 5.26 Å². The van der Waals surface area contributed by atoms with Gasteiger partial charge in [0.15, 0.2) is 5.78 Å². The van der Waals surface area contributed by atoms with Crippen molar-refractivity contribution in [1.29, 1.82) is 5.26 Å². The van der Waals surface area contributed by atoms with Crippen molar-refractivity contribution in [2.45, 2.75) is 13.3 Å². The SMILES string of the molecule is CC(=O)c1ccc(-c2ccc3c(c2)/C(=C/Nc2ccc(CC#N)cc2)C(=O)NC3=O)cc1. The summed E-state index contributed by atoms with van der Waals surface area (Å²) >= 11 is 0. The van der Waals surface area contributed by atoms with Crippen LogP contribution in [0.1, 0.15) is 38.8 Å². The van der Waals surface area contributed by atoms with E-state index >= 15 is 0 Å². The highest BCUT2D eigenvalue weighted by Crippen LogP contribution is 2.30. The van der Waals surface area contributed by atoms with Gasteiger partial charge in [-0.15, -0.1) is 0 Å². The summed E-state index contributed by atoms with van der Waals surface area (Å²) in [6, 6.07) is 21.9. The van der Waals surface area contributed by atoms with Crippen LogP contribution in [0.5, 0.6) is 0 Å². The molecule has 0 atom stereocenters. The third-order valence-electron chi connectivity index (χ3n) is 5.27. The number of nitriles is 1. The number of carbonyl (C=O) groups is 3. The molecule has 2 N–H and O–H groups in total. The summed E-state index contributed by atoms with van der Waals surface area (Å²) in [6.07, 6.45) is 1.90. The molecule has 1 aliphatic rings. The summed E-state index contributed by atoms with van der Waals surface area (Å²) in [5.41, 5.74) is 5.24. The summed E-state index contributed by atoms with van der Waals surface area (Å²) in [5, 5.41) is 14.2. The number of fused-ring (bicyclic) bond motifs is 1. The van der Waals surface area contributed by atoms with Crippen LogP contribution in [0.4, 0.5) is 5.69 Å². The summed E-state index contributed by atoms with van der Waals surface area (Å²) in [5.74, 6) is -0.942. The van der Waals surface area contributed by atoms with Crippen LogP contribution >= 0.6 is 0 Å². The van der Waals surface area contributed by atoms with Crippen molar-refractivity contribution in [2.75, 3.05) is 5.32 Å². The van der Waals surface area contributed by atoms with Gasteiger partial charge in [-0.1, -0.05) is 42.5 Å². The van der Waals surface area contributed by atoms with E-state index in [1.807, 2.05) is 42.5 Å². The molecule has 0 aliphatic carbocycles. The zero-order chi connectivity index (χ0) is 22.7. The quantitative estimate of drug-likeness (QED) is 0.363. The number of carbonyl (C=O) groups excluding carboxylic acids is 3. The molecule has 6 nitrogen and oxygen atoms in total. The average molecular weight is 421 g/mol. The van der Waals surface area contributed by atoms with Gasteiger partial charge in [0, 0.05) is 28.6 Å². The van der Waals surface area contributed by atoms with Crippen molar-refractivity contribution in [1.82, 2.24) is 5.32 Å².